The summed E-state index contributed by atoms with van der Waals surface area (Å²) in [5.74, 6) is 1.86. The fourth-order valence-electron chi connectivity index (χ4n) is 4.94. The molecular formula is C27H33N3O4. The molecule has 5 rings (SSSR count). The lowest BCUT2D eigenvalue weighted by molar-refractivity contribution is -0.130. The van der Waals surface area contributed by atoms with Crippen molar-refractivity contribution in [3.05, 3.63) is 53.2 Å². The molecule has 2 aliphatic rings. The van der Waals surface area contributed by atoms with Crippen LogP contribution < -0.4 is 9.47 Å². The smallest absolute Gasteiger partial charge is 0.231 e. The van der Waals surface area contributed by atoms with Gasteiger partial charge in [0.25, 0.3) is 0 Å². The van der Waals surface area contributed by atoms with Gasteiger partial charge in [-0.05, 0) is 81.1 Å². The van der Waals surface area contributed by atoms with Crippen LogP contribution in [-0.2, 0) is 24.2 Å². The Morgan fingerprint density at radius 2 is 1.68 bits per heavy atom. The molecule has 1 amide bonds. The molecule has 7 heteroatoms. The Labute approximate surface area is 200 Å². The molecule has 0 N–H and O–H groups in total. The van der Waals surface area contributed by atoms with Gasteiger partial charge in [0, 0.05) is 25.0 Å². The first kappa shape index (κ1) is 22.7. The van der Waals surface area contributed by atoms with Crippen molar-refractivity contribution >= 4 is 16.9 Å². The molecule has 0 saturated heterocycles. The summed E-state index contributed by atoms with van der Waals surface area (Å²) in [4.78, 5) is 17.6. The lowest BCUT2D eigenvalue weighted by Crippen LogP contribution is -2.34. The van der Waals surface area contributed by atoms with E-state index < -0.39 is 0 Å². The molecule has 34 heavy (non-hydrogen) atoms. The fourth-order valence-corrected chi connectivity index (χ4v) is 4.94. The van der Waals surface area contributed by atoms with Crippen LogP contribution >= 0.6 is 0 Å². The monoisotopic (exact) mass is 463 g/mol. The average Bonchev–Trinajstić information content (AvgIpc) is 3.46. The number of benzene rings is 2. The molecule has 0 bridgehead atoms. The van der Waals surface area contributed by atoms with E-state index in [0.717, 1.165) is 92.9 Å². The Kier molecular flexibility index (Phi) is 7.00. The van der Waals surface area contributed by atoms with Gasteiger partial charge in [-0.3, -0.25) is 4.79 Å². The summed E-state index contributed by atoms with van der Waals surface area (Å²) in [5.41, 5.74) is 4.15. The summed E-state index contributed by atoms with van der Waals surface area (Å²) in [6.07, 6.45) is 6.52. The van der Waals surface area contributed by atoms with Crippen molar-refractivity contribution in [1.29, 1.82) is 0 Å². The number of aromatic nitrogens is 1. The third-order valence-electron chi connectivity index (χ3n) is 6.85. The van der Waals surface area contributed by atoms with E-state index in [1.54, 1.807) is 0 Å². The number of carbonyl (C=O) groups is 1. The van der Waals surface area contributed by atoms with E-state index in [-0.39, 0.29) is 12.3 Å². The fraction of sp³-hybridized carbons (Fsp3) is 0.481. The highest BCUT2D eigenvalue weighted by molar-refractivity contribution is 5.86. The zero-order chi connectivity index (χ0) is 23.3. The van der Waals surface area contributed by atoms with Gasteiger partial charge in [0.15, 0.2) is 17.1 Å². The zero-order valence-electron chi connectivity index (χ0n) is 19.9. The van der Waals surface area contributed by atoms with Crippen LogP contribution in [0.1, 0.15) is 48.9 Å². The molecule has 3 aromatic rings. The van der Waals surface area contributed by atoms with Crippen LogP contribution in [0.2, 0.25) is 0 Å². The Hall–Kier alpha value is -3.06. The van der Waals surface area contributed by atoms with E-state index in [2.05, 4.69) is 29.2 Å². The largest absolute Gasteiger partial charge is 0.454 e. The van der Waals surface area contributed by atoms with Gasteiger partial charge in [0.1, 0.15) is 5.69 Å². The number of nitrogens with zero attached hydrogens (tertiary/aromatic N) is 3. The number of hydrogen-bond donors (Lipinski definition) is 0. The molecule has 0 unspecified atom stereocenters. The molecular weight excluding hydrogens is 430 g/mol. The summed E-state index contributed by atoms with van der Waals surface area (Å²) in [7, 11) is 2.17. The molecule has 0 atom stereocenters. The highest BCUT2D eigenvalue weighted by atomic mass is 16.7. The average molecular weight is 464 g/mol. The summed E-state index contributed by atoms with van der Waals surface area (Å²) < 4.78 is 16.6. The summed E-state index contributed by atoms with van der Waals surface area (Å²) in [6.45, 7) is 3.77. The van der Waals surface area contributed by atoms with Gasteiger partial charge < -0.3 is 23.8 Å². The molecule has 0 fully saturated rings. The van der Waals surface area contributed by atoms with E-state index >= 15 is 0 Å². The summed E-state index contributed by atoms with van der Waals surface area (Å²) >= 11 is 0. The van der Waals surface area contributed by atoms with Crippen molar-refractivity contribution in [2.24, 2.45) is 0 Å². The second kappa shape index (κ2) is 10.5. The first-order chi connectivity index (χ1) is 16.7. The normalized spacial score (nSPS) is 18.0. The maximum absolute atomic E-state index is 13.2. The van der Waals surface area contributed by atoms with Crippen LogP contribution in [0.15, 0.2) is 40.9 Å². The van der Waals surface area contributed by atoms with Crippen molar-refractivity contribution in [2.45, 2.75) is 51.5 Å². The minimum atomic E-state index is 0.137. The Balaban J connectivity index is 1.24. The van der Waals surface area contributed by atoms with Crippen LogP contribution in [-0.4, -0.2) is 54.3 Å². The first-order valence-corrected chi connectivity index (χ1v) is 12.4. The minimum absolute atomic E-state index is 0.137. The number of carbonyl (C=O) groups excluding carboxylic acids is 1. The standard InChI is InChI=1S/C27H33N3O4/c1-29-12-7-8-14-30(27(31)17-23-22-10-4-5-11-24(22)34-28-23)13-6-2-3-9-20-15-25-26(33-19-32-25)16-21(20)18-29/h4-5,10-11,15-16H,2-3,6-9,12-14,17-19H2,1H3. The number of rotatable bonds is 2. The topological polar surface area (TPSA) is 68.0 Å². The molecule has 0 spiro atoms. The van der Waals surface area contributed by atoms with E-state index in [4.69, 9.17) is 14.0 Å². The highest BCUT2D eigenvalue weighted by Gasteiger charge is 2.20. The van der Waals surface area contributed by atoms with Gasteiger partial charge in [-0.1, -0.05) is 23.7 Å². The molecule has 2 aliphatic heterocycles. The molecule has 2 aromatic carbocycles. The molecule has 0 saturated carbocycles. The lowest BCUT2D eigenvalue weighted by Gasteiger charge is -2.24. The van der Waals surface area contributed by atoms with E-state index in [1.807, 2.05) is 29.2 Å². The number of hydrogen-bond acceptors (Lipinski definition) is 6. The maximum Gasteiger partial charge on any atom is 0.231 e. The highest BCUT2D eigenvalue weighted by Crippen LogP contribution is 2.36. The number of aryl methyl sites for hydroxylation is 1. The molecule has 3 heterocycles. The second-order valence-electron chi connectivity index (χ2n) is 9.41. The van der Waals surface area contributed by atoms with Gasteiger partial charge in [-0.25, -0.2) is 0 Å². The van der Waals surface area contributed by atoms with Gasteiger partial charge in [0.2, 0.25) is 12.7 Å². The zero-order valence-corrected chi connectivity index (χ0v) is 19.9. The quantitative estimate of drug-likeness (QED) is 0.555. The van der Waals surface area contributed by atoms with Crippen molar-refractivity contribution in [1.82, 2.24) is 15.0 Å². The predicted molar refractivity (Wildman–Crippen MR) is 130 cm³/mol. The van der Waals surface area contributed by atoms with Crippen LogP contribution in [0.4, 0.5) is 0 Å². The third-order valence-corrected chi connectivity index (χ3v) is 6.85. The number of fused-ring (bicyclic) bond motifs is 3. The van der Waals surface area contributed by atoms with Crippen LogP contribution in [0.25, 0.3) is 11.0 Å². The lowest BCUT2D eigenvalue weighted by atomic mass is 9.99. The number of amides is 1. The molecule has 7 nitrogen and oxygen atoms in total. The Bertz CT molecular complexity index is 1140. The van der Waals surface area contributed by atoms with Crippen LogP contribution in [0, 0.1) is 0 Å². The molecule has 1 aromatic heterocycles. The van der Waals surface area contributed by atoms with Gasteiger partial charge >= 0.3 is 0 Å². The third kappa shape index (κ3) is 5.20. The number of para-hydroxylation sites is 1. The van der Waals surface area contributed by atoms with E-state index in [1.165, 1.54) is 11.1 Å². The van der Waals surface area contributed by atoms with Gasteiger partial charge in [0.05, 0.1) is 6.42 Å². The first-order valence-electron chi connectivity index (χ1n) is 12.4. The number of ether oxygens (including phenoxy) is 2. The van der Waals surface area contributed by atoms with Gasteiger partial charge in [-0.2, -0.15) is 0 Å². The minimum Gasteiger partial charge on any atom is -0.454 e. The van der Waals surface area contributed by atoms with Crippen molar-refractivity contribution < 1.29 is 18.8 Å². The Morgan fingerprint density at radius 3 is 2.53 bits per heavy atom. The van der Waals surface area contributed by atoms with Crippen molar-refractivity contribution in [3.63, 3.8) is 0 Å². The van der Waals surface area contributed by atoms with Gasteiger partial charge in [-0.15, -0.1) is 0 Å². The SMILES string of the molecule is CN1CCCCN(C(=O)Cc2noc3ccccc23)CCCCCc2cc3c(cc2C1)OCO3. The van der Waals surface area contributed by atoms with Crippen LogP contribution in [0.3, 0.4) is 0 Å². The maximum atomic E-state index is 13.2. The molecule has 0 aliphatic carbocycles. The second-order valence-corrected chi connectivity index (χ2v) is 9.41. The van der Waals surface area contributed by atoms with E-state index in [0.29, 0.717) is 6.79 Å². The Morgan fingerprint density at radius 1 is 0.941 bits per heavy atom. The molecule has 0 radical (unpaired) electrons. The summed E-state index contributed by atoms with van der Waals surface area (Å²) in [6, 6.07) is 12.1. The van der Waals surface area contributed by atoms with Crippen molar-refractivity contribution in [2.75, 3.05) is 33.5 Å². The predicted octanol–water partition coefficient (Wildman–Crippen LogP) is 4.57. The molecule has 180 valence electrons. The summed E-state index contributed by atoms with van der Waals surface area (Å²) in [5, 5.41) is 5.09. The van der Waals surface area contributed by atoms with Crippen molar-refractivity contribution in [3.8, 4) is 11.5 Å². The van der Waals surface area contributed by atoms with E-state index in [9.17, 15) is 4.79 Å². The van der Waals surface area contributed by atoms with Crippen LogP contribution in [0.5, 0.6) is 11.5 Å².